The lowest BCUT2D eigenvalue weighted by Crippen LogP contribution is -2.30. The van der Waals surface area contributed by atoms with Gasteiger partial charge in [0.25, 0.3) is 0 Å². The molecule has 2 nitrogen and oxygen atoms in total. The van der Waals surface area contributed by atoms with Crippen molar-refractivity contribution in [2.24, 2.45) is 0 Å². The predicted molar refractivity (Wildman–Crippen MR) is 70.4 cm³/mol. The molecule has 1 amide bonds. The van der Waals surface area contributed by atoms with E-state index >= 15 is 0 Å². The summed E-state index contributed by atoms with van der Waals surface area (Å²) in [6, 6.07) is 0. The Labute approximate surface area is 100 Å². The van der Waals surface area contributed by atoms with Crippen molar-refractivity contribution in [2.75, 3.05) is 13.1 Å². The maximum absolute atomic E-state index is 11.4. The first-order valence-electron chi connectivity index (χ1n) is 6.33. The van der Waals surface area contributed by atoms with Gasteiger partial charge in [-0.25, -0.2) is 0 Å². The molecule has 0 saturated carbocycles. The minimum absolute atomic E-state index is 0.234. The summed E-state index contributed by atoms with van der Waals surface area (Å²) in [6.45, 7) is 7.62. The van der Waals surface area contributed by atoms with Gasteiger partial charge in [-0.05, 0) is 26.2 Å². The summed E-state index contributed by atoms with van der Waals surface area (Å²) in [5.74, 6) is 0.234. The van der Waals surface area contributed by atoms with Gasteiger partial charge >= 0.3 is 0 Å². The molecule has 0 radical (unpaired) electrons. The maximum Gasteiger partial charge on any atom is 0.222 e. The second-order valence-electron chi connectivity index (χ2n) is 3.71. The second kappa shape index (κ2) is 10.5. The summed E-state index contributed by atoms with van der Waals surface area (Å²) in [7, 11) is 0. The summed E-state index contributed by atoms with van der Waals surface area (Å²) in [5, 5.41) is 0. The van der Waals surface area contributed by atoms with Crippen LogP contribution in [0.25, 0.3) is 0 Å². The summed E-state index contributed by atoms with van der Waals surface area (Å²) < 4.78 is 0. The van der Waals surface area contributed by atoms with E-state index in [4.69, 9.17) is 0 Å². The highest BCUT2D eigenvalue weighted by atomic mass is 16.2. The Balaban J connectivity index is 3.71. The number of hydrogen-bond acceptors (Lipinski definition) is 1. The first-order valence-corrected chi connectivity index (χ1v) is 6.33. The van der Waals surface area contributed by atoms with Crippen molar-refractivity contribution in [3.05, 3.63) is 24.3 Å². The SMILES string of the molecule is CC/C=C\CC/C=C\CN(CC)C(=O)CC. The van der Waals surface area contributed by atoms with Crippen molar-refractivity contribution in [3.8, 4) is 0 Å². The molecule has 16 heavy (non-hydrogen) atoms. The molecule has 0 aliphatic rings. The molecule has 0 bridgehead atoms. The molecule has 92 valence electrons. The monoisotopic (exact) mass is 223 g/mol. The zero-order chi connectivity index (χ0) is 12.2. The van der Waals surface area contributed by atoms with Gasteiger partial charge in [-0.3, -0.25) is 4.79 Å². The molecule has 0 aliphatic carbocycles. The Hall–Kier alpha value is -1.05. The van der Waals surface area contributed by atoms with Crippen LogP contribution in [0, 0.1) is 0 Å². The van der Waals surface area contributed by atoms with Crippen LogP contribution >= 0.6 is 0 Å². The van der Waals surface area contributed by atoms with E-state index in [0.29, 0.717) is 6.42 Å². The van der Waals surface area contributed by atoms with Gasteiger partial charge in [0, 0.05) is 19.5 Å². The lowest BCUT2D eigenvalue weighted by Gasteiger charge is -2.17. The van der Waals surface area contributed by atoms with Crippen molar-refractivity contribution < 1.29 is 4.79 Å². The molecule has 0 aromatic carbocycles. The highest BCUT2D eigenvalue weighted by molar-refractivity contribution is 5.75. The van der Waals surface area contributed by atoms with E-state index in [1.54, 1.807) is 0 Å². The Morgan fingerprint density at radius 2 is 1.62 bits per heavy atom. The molecule has 0 N–H and O–H groups in total. The van der Waals surface area contributed by atoms with Crippen LogP contribution in [0.1, 0.15) is 46.5 Å². The van der Waals surface area contributed by atoms with E-state index in [1.807, 2.05) is 18.7 Å². The van der Waals surface area contributed by atoms with Crippen LogP contribution in [-0.2, 0) is 4.79 Å². The van der Waals surface area contributed by atoms with Crippen LogP contribution in [0.4, 0.5) is 0 Å². The topological polar surface area (TPSA) is 20.3 Å². The molecule has 0 saturated heterocycles. The van der Waals surface area contributed by atoms with Crippen molar-refractivity contribution in [2.45, 2.75) is 46.5 Å². The molecular weight excluding hydrogens is 198 g/mol. The molecule has 0 spiro atoms. The number of likely N-dealkylation sites (N-methyl/N-ethyl adjacent to an activating group) is 1. The number of hydrogen-bond donors (Lipinski definition) is 0. The van der Waals surface area contributed by atoms with Gasteiger partial charge in [0.05, 0.1) is 0 Å². The normalized spacial score (nSPS) is 11.4. The third-order valence-corrected chi connectivity index (χ3v) is 2.43. The molecule has 0 rings (SSSR count). The van der Waals surface area contributed by atoms with Crippen LogP contribution in [0.15, 0.2) is 24.3 Å². The van der Waals surface area contributed by atoms with Gasteiger partial charge in [0.2, 0.25) is 5.91 Å². The van der Waals surface area contributed by atoms with Crippen molar-refractivity contribution >= 4 is 5.91 Å². The van der Waals surface area contributed by atoms with Gasteiger partial charge in [0.15, 0.2) is 0 Å². The standard InChI is InChI=1S/C14H25NO/c1-4-7-8-9-10-11-12-13-15(6-3)14(16)5-2/h7-8,11-12H,4-6,9-10,13H2,1-3H3/b8-7-,12-11-. The summed E-state index contributed by atoms with van der Waals surface area (Å²) in [6.07, 6.45) is 12.5. The number of rotatable bonds is 8. The second-order valence-corrected chi connectivity index (χ2v) is 3.71. The van der Waals surface area contributed by atoms with Crippen molar-refractivity contribution in [1.29, 1.82) is 0 Å². The first-order chi connectivity index (χ1) is 7.76. The average Bonchev–Trinajstić information content (AvgIpc) is 2.32. The van der Waals surface area contributed by atoms with Crippen LogP contribution in [0.3, 0.4) is 0 Å². The smallest absolute Gasteiger partial charge is 0.222 e. The summed E-state index contributed by atoms with van der Waals surface area (Å²) in [4.78, 5) is 13.3. The van der Waals surface area contributed by atoms with Crippen LogP contribution < -0.4 is 0 Å². The lowest BCUT2D eigenvalue weighted by atomic mass is 10.2. The number of nitrogens with zero attached hydrogens (tertiary/aromatic N) is 1. The zero-order valence-corrected chi connectivity index (χ0v) is 10.9. The lowest BCUT2D eigenvalue weighted by molar-refractivity contribution is -0.130. The van der Waals surface area contributed by atoms with E-state index in [1.165, 1.54) is 0 Å². The molecule has 0 aromatic heterocycles. The molecule has 0 heterocycles. The number of unbranched alkanes of at least 4 members (excludes halogenated alkanes) is 1. The highest BCUT2D eigenvalue weighted by Gasteiger charge is 2.05. The van der Waals surface area contributed by atoms with Gasteiger partial charge in [-0.1, -0.05) is 38.2 Å². The van der Waals surface area contributed by atoms with Crippen LogP contribution in [0.2, 0.25) is 0 Å². The molecule has 0 aromatic rings. The number of allylic oxidation sites excluding steroid dienone is 3. The molecule has 2 heteroatoms. The van der Waals surface area contributed by atoms with Gasteiger partial charge in [0.1, 0.15) is 0 Å². The Morgan fingerprint density at radius 1 is 1.00 bits per heavy atom. The number of carbonyl (C=O) groups is 1. The van der Waals surface area contributed by atoms with Gasteiger partial charge < -0.3 is 4.90 Å². The van der Waals surface area contributed by atoms with E-state index in [9.17, 15) is 4.79 Å². The fraction of sp³-hybridized carbons (Fsp3) is 0.643. The Morgan fingerprint density at radius 3 is 2.12 bits per heavy atom. The van der Waals surface area contributed by atoms with Crippen LogP contribution in [0.5, 0.6) is 0 Å². The average molecular weight is 223 g/mol. The zero-order valence-electron chi connectivity index (χ0n) is 10.9. The molecule has 0 aliphatic heterocycles. The Kier molecular flexibility index (Phi) is 9.78. The largest absolute Gasteiger partial charge is 0.339 e. The molecule has 0 unspecified atom stereocenters. The maximum atomic E-state index is 11.4. The first kappa shape index (κ1) is 14.9. The minimum atomic E-state index is 0.234. The fourth-order valence-corrected chi connectivity index (χ4v) is 1.43. The van der Waals surface area contributed by atoms with E-state index < -0.39 is 0 Å². The van der Waals surface area contributed by atoms with E-state index in [0.717, 1.165) is 32.4 Å². The fourth-order valence-electron chi connectivity index (χ4n) is 1.43. The Bertz CT molecular complexity index is 231. The van der Waals surface area contributed by atoms with Gasteiger partial charge in [-0.2, -0.15) is 0 Å². The molecule has 0 fully saturated rings. The predicted octanol–water partition coefficient (Wildman–Crippen LogP) is 3.55. The highest BCUT2D eigenvalue weighted by Crippen LogP contribution is 1.97. The van der Waals surface area contributed by atoms with Crippen molar-refractivity contribution in [1.82, 2.24) is 4.90 Å². The van der Waals surface area contributed by atoms with Gasteiger partial charge in [-0.15, -0.1) is 0 Å². The van der Waals surface area contributed by atoms with Crippen LogP contribution in [-0.4, -0.2) is 23.9 Å². The molecule has 0 atom stereocenters. The van der Waals surface area contributed by atoms with E-state index in [-0.39, 0.29) is 5.91 Å². The number of carbonyl (C=O) groups excluding carboxylic acids is 1. The van der Waals surface area contributed by atoms with E-state index in [2.05, 4.69) is 31.2 Å². The quantitative estimate of drug-likeness (QED) is 0.455. The third kappa shape index (κ3) is 7.27. The number of amides is 1. The minimum Gasteiger partial charge on any atom is -0.339 e. The summed E-state index contributed by atoms with van der Waals surface area (Å²) in [5.41, 5.74) is 0. The molecular formula is C14H25NO. The summed E-state index contributed by atoms with van der Waals surface area (Å²) >= 11 is 0. The van der Waals surface area contributed by atoms with Crippen molar-refractivity contribution in [3.63, 3.8) is 0 Å². The third-order valence-electron chi connectivity index (χ3n) is 2.43.